The largest absolute Gasteiger partial charge is 0.325 e. The Kier molecular flexibility index (Phi) is 5.60. The second kappa shape index (κ2) is 7.45. The van der Waals surface area contributed by atoms with Crippen molar-refractivity contribution in [1.29, 1.82) is 0 Å². The smallest absolute Gasteiger partial charge is 0.234 e. The minimum absolute atomic E-state index is 0.0399. The second-order valence-corrected chi connectivity index (χ2v) is 6.30. The summed E-state index contributed by atoms with van der Waals surface area (Å²) in [5.41, 5.74) is 2.12. The molecular weight excluding hydrogens is 296 g/mol. The molecule has 5 nitrogen and oxygen atoms in total. The van der Waals surface area contributed by atoms with Gasteiger partial charge in [-0.2, -0.15) is 0 Å². The van der Waals surface area contributed by atoms with E-state index in [-0.39, 0.29) is 5.91 Å². The molecule has 0 bridgehead atoms. The molecule has 6 heteroatoms. The molecule has 1 aromatic heterocycles. The zero-order valence-electron chi connectivity index (χ0n) is 13.5. The fourth-order valence-electron chi connectivity index (χ4n) is 1.97. The molecule has 1 N–H and O–H groups in total. The van der Waals surface area contributed by atoms with Crippen LogP contribution < -0.4 is 5.32 Å². The van der Waals surface area contributed by atoms with Crippen LogP contribution in [0.3, 0.4) is 0 Å². The molecule has 1 aromatic carbocycles. The molecule has 0 fully saturated rings. The lowest BCUT2D eigenvalue weighted by molar-refractivity contribution is -0.113. The van der Waals surface area contributed by atoms with Gasteiger partial charge < -0.3 is 9.88 Å². The number of hydrogen-bond donors (Lipinski definition) is 1. The first kappa shape index (κ1) is 16.5. The molecule has 0 aliphatic carbocycles. The Bertz CT molecular complexity index is 636. The predicted molar refractivity (Wildman–Crippen MR) is 90.2 cm³/mol. The van der Waals surface area contributed by atoms with Gasteiger partial charge >= 0.3 is 0 Å². The highest BCUT2D eigenvalue weighted by atomic mass is 32.2. The molecule has 0 aliphatic rings. The third-order valence-corrected chi connectivity index (χ3v) is 4.78. The van der Waals surface area contributed by atoms with Gasteiger partial charge in [0.1, 0.15) is 5.82 Å². The standard InChI is InChI=1S/C16H22N4OS/c1-5-11(2)13-6-8-14(9-7-13)17-15(21)10-22-16-19-18-12(3)20(16)4/h6-9,11H,5,10H2,1-4H3,(H,17,21)/t11-/m1/s1. The van der Waals surface area contributed by atoms with E-state index in [0.29, 0.717) is 11.7 Å². The summed E-state index contributed by atoms with van der Waals surface area (Å²) in [6.45, 7) is 6.26. The quantitative estimate of drug-likeness (QED) is 0.830. The summed E-state index contributed by atoms with van der Waals surface area (Å²) in [5, 5.41) is 11.7. The number of benzene rings is 1. The summed E-state index contributed by atoms with van der Waals surface area (Å²) >= 11 is 1.38. The highest BCUT2D eigenvalue weighted by molar-refractivity contribution is 7.99. The van der Waals surface area contributed by atoms with Crippen LogP contribution in [-0.2, 0) is 11.8 Å². The number of hydrogen-bond acceptors (Lipinski definition) is 4. The molecule has 2 aromatic rings. The maximum Gasteiger partial charge on any atom is 0.234 e. The van der Waals surface area contributed by atoms with Crippen LogP contribution in [0.2, 0.25) is 0 Å². The molecule has 2 rings (SSSR count). The van der Waals surface area contributed by atoms with Crippen LogP contribution in [0, 0.1) is 6.92 Å². The van der Waals surface area contributed by atoms with Gasteiger partial charge in [0.15, 0.2) is 5.16 Å². The van der Waals surface area contributed by atoms with E-state index in [1.807, 2.05) is 30.7 Å². The Morgan fingerprint density at radius 2 is 2.00 bits per heavy atom. The van der Waals surface area contributed by atoms with Crippen molar-refractivity contribution in [1.82, 2.24) is 14.8 Å². The summed E-state index contributed by atoms with van der Waals surface area (Å²) < 4.78 is 1.87. The lowest BCUT2D eigenvalue weighted by Gasteiger charge is -2.10. The van der Waals surface area contributed by atoms with Gasteiger partial charge in [-0.3, -0.25) is 4.79 Å². The van der Waals surface area contributed by atoms with Crippen LogP contribution in [0.15, 0.2) is 29.4 Å². The van der Waals surface area contributed by atoms with Crippen molar-refractivity contribution in [3.8, 4) is 0 Å². The molecule has 0 spiro atoms. The third-order valence-electron chi connectivity index (χ3n) is 3.76. The van der Waals surface area contributed by atoms with Crippen molar-refractivity contribution in [2.24, 2.45) is 7.05 Å². The Morgan fingerprint density at radius 1 is 1.32 bits per heavy atom. The van der Waals surface area contributed by atoms with Crippen molar-refractivity contribution in [3.05, 3.63) is 35.7 Å². The molecule has 0 saturated heterocycles. The average molecular weight is 318 g/mol. The Labute approximate surface area is 135 Å². The lowest BCUT2D eigenvalue weighted by atomic mass is 9.99. The van der Waals surface area contributed by atoms with Crippen LogP contribution in [0.5, 0.6) is 0 Å². The first-order valence-electron chi connectivity index (χ1n) is 7.39. The Balaban J connectivity index is 1.88. The number of amides is 1. The van der Waals surface area contributed by atoms with Crippen molar-refractivity contribution in [3.63, 3.8) is 0 Å². The molecule has 0 aliphatic heterocycles. The number of thioether (sulfide) groups is 1. The highest BCUT2D eigenvalue weighted by Crippen LogP contribution is 2.21. The number of anilines is 1. The van der Waals surface area contributed by atoms with E-state index in [4.69, 9.17) is 0 Å². The number of nitrogens with one attached hydrogen (secondary N) is 1. The molecule has 1 amide bonds. The van der Waals surface area contributed by atoms with Gasteiger partial charge in [-0.05, 0) is 37.0 Å². The van der Waals surface area contributed by atoms with Gasteiger partial charge in [0.2, 0.25) is 5.91 Å². The summed E-state index contributed by atoms with van der Waals surface area (Å²) in [4.78, 5) is 12.0. The molecule has 22 heavy (non-hydrogen) atoms. The Hall–Kier alpha value is -1.82. The fraction of sp³-hybridized carbons (Fsp3) is 0.438. The van der Waals surface area contributed by atoms with Gasteiger partial charge in [-0.1, -0.05) is 37.7 Å². The van der Waals surface area contributed by atoms with Crippen molar-refractivity contribution >= 4 is 23.4 Å². The van der Waals surface area contributed by atoms with E-state index >= 15 is 0 Å². The van der Waals surface area contributed by atoms with Crippen LogP contribution in [0.25, 0.3) is 0 Å². The zero-order chi connectivity index (χ0) is 16.1. The van der Waals surface area contributed by atoms with Gasteiger partial charge in [0.25, 0.3) is 0 Å². The minimum Gasteiger partial charge on any atom is -0.325 e. The molecule has 0 unspecified atom stereocenters. The number of aryl methyl sites for hydroxylation is 1. The predicted octanol–water partition coefficient (Wildman–Crippen LogP) is 3.37. The van der Waals surface area contributed by atoms with E-state index in [0.717, 1.165) is 23.1 Å². The number of rotatable bonds is 6. The number of nitrogens with zero attached hydrogens (tertiary/aromatic N) is 3. The van der Waals surface area contributed by atoms with Crippen LogP contribution >= 0.6 is 11.8 Å². The van der Waals surface area contributed by atoms with E-state index < -0.39 is 0 Å². The Morgan fingerprint density at radius 3 is 2.55 bits per heavy atom. The van der Waals surface area contributed by atoms with Gasteiger partial charge in [-0.25, -0.2) is 0 Å². The lowest BCUT2D eigenvalue weighted by Crippen LogP contribution is -2.14. The van der Waals surface area contributed by atoms with Gasteiger partial charge in [0, 0.05) is 12.7 Å². The number of aromatic nitrogens is 3. The van der Waals surface area contributed by atoms with Crippen molar-refractivity contribution in [2.45, 2.75) is 38.3 Å². The molecule has 0 radical (unpaired) electrons. The monoisotopic (exact) mass is 318 g/mol. The first-order valence-corrected chi connectivity index (χ1v) is 8.38. The zero-order valence-corrected chi connectivity index (χ0v) is 14.3. The minimum atomic E-state index is -0.0399. The highest BCUT2D eigenvalue weighted by Gasteiger charge is 2.09. The average Bonchev–Trinajstić information content (AvgIpc) is 2.84. The summed E-state index contributed by atoms with van der Waals surface area (Å²) in [7, 11) is 1.89. The molecule has 1 atom stereocenters. The number of carbonyl (C=O) groups is 1. The van der Waals surface area contributed by atoms with Gasteiger partial charge in [0.05, 0.1) is 5.75 Å². The van der Waals surface area contributed by atoms with Gasteiger partial charge in [-0.15, -0.1) is 10.2 Å². The van der Waals surface area contributed by atoms with Crippen molar-refractivity contribution < 1.29 is 4.79 Å². The van der Waals surface area contributed by atoms with E-state index in [2.05, 4.69) is 41.5 Å². The van der Waals surface area contributed by atoms with Crippen LogP contribution in [0.1, 0.15) is 37.6 Å². The maximum atomic E-state index is 12.0. The topological polar surface area (TPSA) is 59.8 Å². The normalized spacial score (nSPS) is 12.2. The van der Waals surface area contributed by atoms with Crippen LogP contribution in [-0.4, -0.2) is 26.4 Å². The summed E-state index contributed by atoms with van der Waals surface area (Å²) in [6.07, 6.45) is 1.11. The molecular formula is C16H22N4OS. The fourth-order valence-corrected chi connectivity index (χ4v) is 2.73. The van der Waals surface area contributed by atoms with E-state index in [1.165, 1.54) is 17.3 Å². The summed E-state index contributed by atoms with van der Waals surface area (Å²) in [6, 6.07) is 8.05. The van der Waals surface area contributed by atoms with Crippen LogP contribution in [0.4, 0.5) is 5.69 Å². The molecule has 1 heterocycles. The third kappa shape index (κ3) is 4.10. The SMILES string of the molecule is CC[C@@H](C)c1ccc(NC(=O)CSc2nnc(C)n2C)cc1. The molecule has 118 valence electrons. The molecule has 0 saturated carbocycles. The number of carbonyl (C=O) groups excluding carboxylic acids is 1. The van der Waals surface area contributed by atoms with Crippen molar-refractivity contribution in [2.75, 3.05) is 11.1 Å². The van der Waals surface area contributed by atoms with E-state index in [9.17, 15) is 4.79 Å². The maximum absolute atomic E-state index is 12.0. The van der Waals surface area contributed by atoms with E-state index in [1.54, 1.807) is 0 Å². The first-order chi connectivity index (χ1) is 10.5. The summed E-state index contributed by atoms with van der Waals surface area (Å²) in [5.74, 6) is 1.66. The second-order valence-electron chi connectivity index (χ2n) is 5.36.